The molecule has 0 N–H and O–H groups in total. The van der Waals surface area contributed by atoms with E-state index in [1.165, 1.54) is 0 Å². The third-order valence-corrected chi connectivity index (χ3v) is 0. The molecule has 0 unspecified atom stereocenters. The summed E-state index contributed by atoms with van der Waals surface area (Å²) in [4.78, 5) is 0. The van der Waals surface area contributed by atoms with Gasteiger partial charge in [-0.3, -0.25) is 0 Å². The van der Waals surface area contributed by atoms with Gasteiger partial charge < -0.3 is 2.85 Å². The summed E-state index contributed by atoms with van der Waals surface area (Å²) in [5.41, 5.74) is 0. The second kappa shape index (κ2) is 37.8. The van der Waals surface area contributed by atoms with Gasteiger partial charge >= 0.3 is 62.6 Å². The van der Waals surface area contributed by atoms with Gasteiger partial charge in [0.2, 0.25) is 0 Å². The Labute approximate surface area is 219 Å². The van der Waals surface area contributed by atoms with Crippen LogP contribution in [-0.4, -0.2) is 62.6 Å². The SMILES string of the molecule is [Dy].[H-].[H-].[La].[Pt].[Ru].[SeH2].[Sr+2].[Yb]. The molecule has 1 radical (unpaired) electrons. The van der Waals surface area contributed by atoms with Crippen molar-refractivity contribution < 1.29 is 164 Å². The molecule has 0 aliphatic rings. The predicted molar refractivity (Wildman–Crippen MR) is 16.5 cm³/mol. The van der Waals surface area contributed by atoms with Gasteiger partial charge in [0.1, 0.15) is 0 Å². The summed E-state index contributed by atoms with van der Waals surface area (Å²) in [7, 11) is 0. The van der Waals surface area contributed by atoms with Crippen molar-refractivity contribution in [2.45, 2.75) is 0 Å². The van der Waals surface area contributed by atoms with E-state index in [0.717, 1.165) is 0 Å². The van der Waals surface area contributed by atoms with E-state index in [1.807, 2.05) is 0 Å². The number of hydrogen-bond donors (Lipinski definition) is 0. The molecule has 57 valence electrons. The average molecular weight is 941 g/mol. The summed E-state index contributed by atoms with van der Waals surface area (Å²) in [5.74, 6) is 0. The molecule has 0 heterocycles. The Hall–Kier alpha value is 7.30. The average Bonchev–Trinajstić information content (AvgIpc) is 0. The van der Waals surface area contributed by atoms with Gasteiger partial charge in [-0.15, -0.1) is 0 Å². The molecule has 0 bridgehead atoms. The van der Waals surface area contributed by atoms with E-state index >= 15 is 0 Å². The van der Waals surface area contributed by atoms with Gasteiger partial charge in [0.15, 0.2) is 0 Å². The topological polar surface area (TPSA) is 0 Å². The minimum Gasteiger partial charge on any atom is 0 e. The van der Waals surface area contributed by atoms with Crippen LogP contribution in [0.4, 0.5) is 0 Å². The molecule has 0 aromatic rings. The molecule has 0 saturated heterocycles. The van der Waals surface area contributed by atoms with E-state index < -0.39 is 0 Å². The molecule has 0 aliphatic carbocycles. The maximum Gasteiger partial charge on any atom is 2.00 e. The molecule has 0 amide bonds. The zero-order valence-electron chi connectivity index (χ0n) is 5.04. The van der Waals surface area contributed by atoms with E-state index in [-0.39, 0.29) is 227 Å². The molecule has 7 heavy (non-hydrogen) atoms. The first kappa shape index (κ1) is 47.5. The minimum atomic E-state index is 0. The van der Waals surface area contributed by atoms with Gasteiger partial charge in [-0.1, -0.05) is 0 Å². The zero-order chi connectivity index (χ0) is 0. The van der Waals surface area contributed by atoms with E-state index in [1.54, 1.807) is 0 Å². The molecule has 0 aromatic carbocycles. The van der Waals surface area contributed by atoms with E-state index in [2.05, 4.69) is 0 Å². The fourth-order valence-corrected chi connectivity index (χ4v) is 0. The van der Waals surface area contributed by atoms with Crippen LogP contribution in [0.2, 0.25) is 0 Å². The van der Waals surface area contributed by atoms with Gasteiger partial charge in [0.25, 0.3) is 0 Å². The molecule has 0 aromatic heterocycles. The van der Waals surface area contributed by atoms with Gasteiger partial charge in [-0.2, -0.15) is 0 Å². The van der Waals surface area contributed by atoms with Crippen LogP contribution in [0.1, 0.15) is 2.85 Å². The minimum absolute atomic E-state index is 0. The zero-order valence-corrected chi connectivity index (χ0v) is 20.0. The van der Waals surface area contributed by atoms with Gasteiger partial charge in [0, 0.05) is 161 Å². The van der Waals surface area contributed by atoms with Crippen LogP contribution < -0.4 is 0 Å². The fraction of sp³-hybridized carbons (Fsp3) is 0. The second-order valence-electron chi connectivity index (χ2n) is 0. The van der Waals surface area contributed by atoms with Crippen molar-refractivity contribution >= 4 is 62.6 Å². The molecule has 0 aliphatic heterocycles. The summed E-state index contributed by atoms with van der Waals surface area (Å²) in [6.07, 6.45) is 0. The monoisotopic (exact) mass is 945 g/mol. The maximum atomic E-state index is 0. The molecule has 0 spiro atoms. The van der Waals surface area contributed by atoms with Gasteiger partial charge in [0.05, 0.1) is 0 Å². The Kier molecular flexibility index (Phi) is 256. The van der Waals surface area contributed by atoms with Crippen molar-refractivity contribution in [2.75, 3.05) is 0 Å². The van der Waals surface area contributed by atoms with Crippen LogP contribution in [0.15, 0.2) is 0 Å². The van der Waals surface area contributed by atoms with Crippen molar-refractivity contribution in [3.8, 4) is 0 Å². The van der Waals surface area contributed by atoms with Crippen molar-refractivity contribution in [3.63, 3.8) is 0 Å². The number of rotatable bonds is 0. The van der Waals surface area contributed by atoms with Crippen molar-refractivity contribution in [1.29, 1.82) is 0 Å². The Balaban J connectivity index is 0. The smallest absolute Gasteiger partial charge is 0 e. The Morgan fingerprint density at radius 2 is 1.14 bits per heavy atom. The molecule has 0 fully saturated rings. The van der Waals surface area contributed by atoms with Crippen LogP contribution in [-0.2, 0) is 40.5 Å². The third-order valence-electron chi connectivity index (χ3n) is 0. The summed E-state index contributed by atoms with van der Waals surface area (Å²) in [6.45, 7) is 0. The maximum absolute atomic E-state index is 0. The molecule has 0 saturated carbocycles. The molecule has 0 nitrogen and oxygen atoms in total. The first-order chi connectivity index (χ1) is 0. The van der Waals surface area contributed by atoms with Crippen molar-refractivity contribution in [3.05, 3.63) is 0 Å². The third kappa shape index (κ3) is 31.9. The quantitative estimate of drug-likeness (QED) is 0.272. The molecular weight excluding hydrogens is 937 g/mol. The van der Waals surface area contributed by atoms with Crippen molar-refractivity contribution in [2.24, 2.45) is 0 Å². The first-order valence-electron chi connectivity index (χ1n) is 0. The van der Waals surface area contributed by atoms with Crippen LogP contribution in [0.25, 0.3) is 0 Å². The van der Waals surface area contributed by atoms with E-state index in [0.29, 0.717) is 0 Å². The van der Waals surface area contributed by atoms with Crippen molar-refractivity contribution in [1.82, 2.24) is 0 Å². The van der Waals surface area contributed by atoms with Crippen LogP contribution in [0.3, 0.4) is 0 Å². The Morgan fingerprint density at radius 3 is 1.14 bits per heavy atom. The normalized spacial score (nSPS) is 0. The summed E-state index contributed by atoms with van der Waals surface area (Å²) in [6, 6.07) is 0. The Bertz CT molecular complexity index is 26.5. The first-order valence-corrected chi connectivity index (χ1v) is 0. The Morgan fingerprint density at radius 1 is 1.14 bits per heavy atom. The second-order valence-corrected chi connectivity index (χ2v) is 0. The molecule has 7 heteroatoms. The van der Waals surface area contributed by atoms with Gasteiger partial charge in [-0.05, 0) is 0 Å². The standard InChI is InChI=1S/Dy.La.Pt.Ru.H2Se.Sr.Yb.2H/h;;;;1H2;;;;/q;;;;;+2;;2*-1. The van der Waals surface area contributed by atoms with Crippen LogP contribution >= 0.6 is 0 Å². The molecular formula is H4DyLaPtRuSeSrYb. The largest absolute Gasteiger partial charge is 2.00 e. The fourth-order valence-electron chi connectivity index (χ4n) is 0. The van der Waals surface area contributed by atoms with E-state index in [4.69, 9.17) is 0 Å². The summed E-state index contributed by atoms with van der Waals surface area (Å²) >= 11 is 0. The van der Waals surface area contributed by atoms with Crippen LogP contribution in [0.5, 0.6) is 0 Å². The van der Waals surface area contributed by atoms with E-state index in [9.17, 15) is 0 Å². The van der Waals surface area contributed by atoms with Gasteiger partial charge in [-0.25, -0.2) is 0 Å². The summed E-state index contributed by atoms with van der Waals surface area (Å²) in [5, 5.41) is 0. The summed E-state index contributed by atoms with van der Waals surface area (Å²) < 4.78 is 0. The predicted octanol–water partition coefficient (Wildman–Crippen LogP) is -1.08. The molecule has 0 atom stereocenters. The molecule has 0 rings (SSSR count). The number of hydrogen-bond acceptors (Lipinski definition) is 0. The van der Waals surface area contributed by atoms with Crippen LogP contribution in [0, 0.1) is 121 Å².